The molecule has 2 rings (SSSR count). The highest BCUT2D eigenvalue weighted by Gasteiger charge is 2.10. The van der Waals surface area contributed by atoms with Crippen LogP contribution in [0.3, 0.4) is 0 Å². The number of aryl methyl sites for hydroxylation is 2. The average molecular weight is 264 g/mol. The summed E-state index contributed by atoms with van der Waals surface area (Å²) in [5.74, 6) is 0. The molecule has 0 aliphatic carbocycles. The van der Waals surface area contributed by atoms with Gasteiger partial charge >= 0.3 is 0 Å². The first-order valence-corrected chi connectivity index (χ1v) is 6.18. The Kier molecular flexibility index (Phi) is 3.41. The molecule has 1 heterocycles. The molecular weight excluding hydrogens is 254 g/mol. The van der Waals surface area contributed by atoms with E-state index in [4.69, 9.17) is 16.9 Å². The van der Waals surface area contributed by atoms with Crippen LogP contribution in [0.4, 0.5) is 0 Å². The van der Waals surface area contributed by atoms with Crippen molar-refractivity contribution in [2.75, 3.05) is 0 Å². The molecular formula is C12H10ClN3S. The van der Waals surface area contributed by atoms with E-state index in [0.717, 1.165) is 15.6 Å². The van der Waals surface area contributed by atoms with Gasteiger partial charge in [0, 0.05) is 11.9 Å². The lowest BCUT2D eigenvalue weighted by Crippen LogP contribution is -1.92. The first kappa shape index (κ1) is 12.0. The molecule has 0 atom stereocenters. The van der Waals surface area contributed by atoms with Crippen molar-refractivity contribution in [3.63, 3.8) is 0 Å². The molecule has 0 N–H and O–H groups in total. The Morgan fingerprint density at radius 3 is 2.82 bits per heavy atom. The molecule has 0 amide bonds. The summed E-state index contributed by atoms with van der Waals surface area (Å²) in [6.45, 7) is 1.94. The Morgan fingerprint density at radius 2 is 2.24 bits per heavy atom. The molecule has 0 radical (unpaired) electrons. The maximum atomic E-state index is 9.08. The van der Waals surface area contributed by atoms with Gasteiger partial charge in [-0.05, 0) is 25.1 Å². The third kappa shape index (κ3) is 2.46. The lowest BCUT2D eigenvalue weighted by Gasteiger charge is -2.04. The second-order valence-electron chi connectivity index (χ2n) is 3.57. The van der Waals surface area contributed by atoms with Crippen LogP contribution in [0.5, 0.6) is 0 Å². The predicted molar refractivity (Wildman–Crippen MR) is 68.2 cm³/mol. The van der Waals surface area contributed by atoms with Crippen molar-refractivity contribution in [3.05, 3.63) is 40.5 Å². The number of hydrogen-bond acceptors (Lipinski definition) is 3. The van der Waals surface area contributed by atoms with Crippen molar-refractivity contribution < 1.29 is 0 Å². The summed E-state index contributed by atoms with van der Waals surface area (Å²) in [4.78, 5) is 0.850. The summed E-state index contributed by atoms with van der Waals surface area (Å²) in [5.41, 5.74) is 1.47. The largest absolute Gasteiger partial charge is 0.262 e. The normalized spacial score (nSPS) is 10.2. The highest BCUT2D eigenvalue weighted by Crippen LogP contribution is 2.33. The number of rotatable bonds is 2. The average Bonchev–Trinajstić information content (AvgIpc) is 2.58. The molecule has 0 unspecified atom stereocenters. The fourth-order valence-corrected chi connectivity index (χ4v) is 2.80. The van der Waals surface area contributed by atoms with Crippen LogP contribution in [-0.2, 0) is 7.05 Å². The maximum absolute atomic E-state index is 9.08. The molecule has 3 nitrogen and oxygen atoms in total. The Balaban J connectivity index is 2.40. The Hall–Kier alpha value is -1.44. The molecule has 5 heteroatoms. The zero-order chi connectivity index (χ0) is 12.4. The van der Waals surface area contributed by atoms with Gasteiger partial charge in [0.05, 0.1) is 21.3 Å². The molecule has 17 heavy (non-hydrogen) atoms. The lowest BCUT2D eigenvalue weighted by molar-refractivity contribution is 0.692. The summed E-state index contributed by atoms with van der Waals surface area (Å²) in [7, 11) is 1.88. The van der Waals surface area contributed by atoms with Crippen LogP contribution in [0.15, 0.2) is 34.2 Å². The van der Waals surface area contributed by atoms with Gasteiger partial charge in [0.1, 0.15) is 6.07 Å². The molecule has 0 aliphatic heterocycles. The van der Waals surface area contributed by atoms with Crippen LogP contribution in [-0.4, -0.2) is 9.78 Å². The maximum Gasteiger partial charge on any atom is 0.102 e. The standard InChI is InChI=1S/C12H10ClN3S/c1-8-6-12(16(2)15-8)17-11-5-3-4-10(13)9(11)7-14/h3-6H,1-2H3. The van der Waals surface area contributed by atoms with Crippen molar-refractivity contribution in [1.29, 1.82) is 5.26 Å². The van der Waals surface area contributed by atoms with Crippen LogP contribution in [0.25, 0.3) is 0 Å². The smallest absolute Gasteiger partial charge is 0.102 e. The first-order chi connectivity index (χ1) is 8.11. The number of benzene rings is 1. The fourth-order valence-electron chi connectivity index (χ4n) is 1.49. The zero-order valence-corrected chi connectivity index (χ0v) is 11.0. The third-order valence-electron chi connectivity index (χ3n) is 2.26. The second-order valence-corrected chi connectivity index (χ2v) is 5.04. The van der Waals surface area contributed by atoms with E-state index in [9.17, 15) is 0 Å². The molecule has 2 aromatic rings. The lowest BCUT2D eigenvalue weighted by atomic mass is 10.2. The topological polar surface area (TPSA) is 41.6 Å². The molecule has 86 valence electrons. The summed E-state index contributed by atoms with van der Waals surface area (Å²) in [6, 6.07) is 9.56. The van der Waals surface area contributed by atoms with E-state index >= 15 is 0 Å². The van der Waals surface area contributed by atoms with Crippen LogP contribution < -0.4 is 0 Å². The Labute approximate surface area is 109 Å². The van der Waals surface area contributed by atoms with Gasteiger partial charge in [-0.15, -0.1) is 0 Å². The highest BCUT2D eigenvalue weighted by molar-refractivity contribution is 7.99. The minimum Gasteiger partial charge on any atom is -0.262 e. The monoisotopic (exact) mass is 263 g/mol. The number of hydrogen-bond donors (Lipinski definition) is 0. The van der Waals surface area contributed by atoms with Gasteiger partial charge in [-0.25, -0.2) is 0 Å². The molecule has 0 saturated carbocycles. The number of aromatic nitrogens is 2. The van der Waals surface area contributed by atoms with E-state index in [1.807, 2.05) is 32.2 Å². The molecule has 0 aliphatic rings. The quantitative estimate of drug-likeness (QED) is 0.834. The minimum absolute atomic E-state index is 0.483. The molecule has 1 aromatic heterocycles. The van der Waals surface area contributed by atoms with E-state index in [1.165, 1.54) is 11.8 Å². The fraction of sp³-hybridized carbons (Fsp3) is 0.167. The molecule has 0 fully saturated rings. The van der Waals surface area contributed by atoms with E-state index in [-0.39, 0.29) is 0 Å². The van der Waals surface area contributed by atoms with Crippen molar-refractivity contribution in [2.45, 2.75) is 16.8 Å². The van der Waals surface area contributed by atoms with Crippen molar-refractivity contribution >= 4 is 23.4 Å². The summed E-state index contributed by atoms with van der Waals surface area (Å²) in [6.07, 6.45) is 0. The van der Waals surface area contributed by atoms with E-state index in [0.29, 0.717) is 10.6 Å². The highest BCUT2D eigenvalue weighted by atomic mass is 35.5. The van der Waals surface area contributed by atoms with Crippen LogP contribution in [0.1, 0.15) is 11.3 Å². The SMILES string of the molecule is Cc1cc(Sc2cccc(Cl)c2C#N)n(C)n1. The van der Waals surface area contributed by atoms with Gasteiger partial charge in [0.15, 0.2) is 0 Å². The van der Waals surface area contributed by atoms with Gasteiger partial charge in [0.25, 0.3) is 0 Å². The van der Waals surface area contributed by atoms with Crippen molar-refractivity contribution in [2.24, 2.45) is 7.05 Å². The van der Waals surface area contributed by atoms with Gasteiger partial charge in [-0.3, -0.25) is 4.68 Å². The van der Waals surface area contributed by atoms with Gasteiger partial charge in [-0.2, -0.15) is 10.4 Å². The van der Waals surface area contributed by atoms with Crippen molar-refractivity contribution in [3.8, 4) is 6.07 Å². The van der Waals surface area contributed by atoms with E-state index in [2.05, 4.69) is 11.2 Å². The van der Waals surface area contributed by atoms with Crippen LogP contribution >= 0.6 is 23.4 Å². The summed E-state index contributed by atoms with van der Waals surface area (Å²) >= 11 is 7.48. The second kappa shape index (κ2) is 4.82. The molecule has 0 bridgehead atoms. The molecule has 0 spiro atoms. The number of halogens is 1. The van der Waals surface area contributed by atoms with Gasteiger partial charge < -0.3 is 0 Å². The first-order valence-electron chi connectivity index (χ1n) is 4.99. The van der Waals surface area contributed by atoms with E-state index < -0.39 is 0 Å². The van der Waals surface area contributed by atoms with Crippen molar-refractivity contribution in [1.82, 2.24) is 9.78 Å². The summed E-state index contributed by atoms with van der Waals surface area (Å²) < 4.78 is 1.79. The van der Waals surface area contributed by atoms with E-state index in [1.54, 1.807) is 10.7 Å². The molecule has 0 saturated heterocycles. The third-order valence-corrected chi connectivity index (χ3v) is 3.73. The zero-order valence-electron chi connectivity index (χ0n) is 9.44. The summed E-state index contributed by atoms with van der Waals surface area (Å²) in [5, 5.41) is 14.8. The Morgan fingerprint density at radius 1 is 1.47 bits per heavy atom. The van der Waals surface area contributed by atoms with Gasteiger partial charge in [0.2, 0.25) is 0 Å². The Bertz CT molecular complexity index is 598. The number of nitrogens with zero attached hydrogens (tertiary/aromatic N) is 3. The van der Waals surface area contributed by atoms with Crippen LogP contribution in [0, 0.1) is 18.3 Å². The number of nitriles is 1. The minimum atomic E-state index is 0.483. The molecule has 1 aromatic carbocycles. The van der Waals surface area contributed by atoms with Gasteiger partial charge in [-0.1, -0.05) is 29.4 Å². The predicted octanol–water partition coefficient (Wildman–Crippen LogP) is 3.40. The van der Waals surface area contributed by atoms with Crippen LogP contribution in [0.2, 0.25) is 5.02 Å².